The van der Waals surface area contributed by atoms with Gasteiger partial charge in [0, 0.05) is 17.6 Å². The van der Waals surface area contributed by atoms with Crippen molar-refractivity contribution < 1.29 is 9.90 Å². The summed E-state index contributed by atoms with van der Waals surface area (Å²) in [6.45, 7) is 0. The monoisotopic (exact) mass is 262 g/mol. The van der Waals surface area contributed by atoms with E-state index in [1.807, 2.05) is 48.5 Å². The highest BCUT2D eigenvalue weighted by atomic mass is 16.3. The van der Waals surface area contributed by atoms with E-state index in [1.54, 1.807) is 0 Å². The van der Waals surface area contributed by atoms with E-state index in [9.17, 15) is 9.90 Å². The molecule has 2 heteroatoms. The highest BCUT2D eigenvalue weighted by Gasteiger charge is 2.33. The van der Waals surface area contributed by atoms with Gasteiger partial charge in [0.1, 0.15) is 6.10 Å². The fourth-order valence-corrected chi connectivity index (χ4v) is 3.31. The average Bonchev–Trinajstić information content (AvgIpc) is 2.98. The second-order valence-electron chi connectivity index (χ2n) is 5.44. The van der Waals surface area contributed by atoms with Crippen LogP contribution in [0.15, 0.2) is 59.7 Å². The number of ketones is 1. The maximum atomic E-state index is 12.5. The molecule has 2 aromatic rings. The van der Waals surface area contributed by atoms with Crippen molar-refractivity contribution in [2.45, 2.75) is 18.9 Å². The van der Waals surface area contributed by atoms with Crippen molar-refractivity contribution in [1.82, 2.24) is 0 Å². The van der Waals surface area contributed by atoms with Crippen LogP contribution in [0.1, 0.15) is 33.2 Å². The number of hydrogen-bond donors (Lipinski definition) is 1. The van der Waals surface area contributed by atoms with Crippen LogP contribution < -0.4 is 0 Å². The van der Waals surface area contributed by atoms with Gasteiger partial charge in [-0.3, -0.25) is 4.79 Å². The lowest BCUT2D eigenvalue weighted by Gasteiger charge is -2.08. The second kappa shape index (κ2) is 4.15. The van der Waals surface area contributed by atoms with Gasteiger partial charge in [-0.2, -0.15) is 0 Å². The van der Waals surface area contributed by atoms with E-state index < -0.39 is 6.10 Å². The van der Waals surface area contributed by atoms with Gasteiger partial charge in [0.05, 0.1) is 0 Å². The van der Waals surface area contributed by atoms with E-state index in [0.29, 0.717) is 12.8 Å². The van der Waals surface area contributed by atoms with E-state index in [2.05, 4.69) is 0 Å². The van der Waals surface area contributed by atoms with E-state index in [0.717, 1.165) is 33.4 Å². The summed E-state index contributed by atoms with van der Waals surface area (Å²) in [4.78, 5) is 12.5. The first-order valence-electron chi connectivity index (χ1n) is 6.86. The molecule has 0 heterocycles. The standard InChI is InChI=1S/C18H14O2/c19-17-13-7-3-1-5-11(13)9-15(17)16-10-12-6-2-4-8-14(12)18(16)20/h1-8,17,19H,9-10H2/b16-15+. The Morgan fingerprint density at radius 2 is 1.60 bits per heavy atom. The Bertz CT molecular complexity index is 756. The number of aliphatic hydroxyl groups is 1. The van der Waals surface area contributed by atoms with Gasteiger partial charge in [-0.1, -0.05) is 48.5 Å². The van der Waals surface area contributed by atoms with Gasteiger partial charge in [0.25, 0.3) is 0 Å². The molecule has 0 bridgehead atoms. The number of carbonyl (C=O) groups excluding carboxylic acids is 1. The molecule has 1 atom stereocenters. The Labute approximate surface area is 117 Å². The molecule has 2 aliphatic rings. The summed E-state index contributed by atoms with van der Waals surface area (Å²) >= 11 is 0. The van der Waals surface area contributed by atoms with Gasteiger partial charge in [-0.15, -0.1) is 0 Å². The fourth-order valence-electron chi connectivity index (χ4n) is 3.31. The Balaban J connectivity index is 1.82. The van der Waals surface area contributed by atoms with Crippen LogP contribution in [0.25, 0.3) is 0 Å². The van der Waals surface area contributed by atoms with Crippen LogP contribution in [0.4, 0.5) is 0 Å². The summed E-state index contributed by atoms with van der Waals surface area (Å²) in [5, 5.41) is 10.5. The third kappa shape index (κ3) is 1.52. The van der Waals surface area contributed by atoms with Crippen molar-refractivity contribution >= 4 is 5.78 Å². The number of fused-ring (bicyclic) bond motifs is 2. The predicted molar refractivity (Wildman–Crippen MR) is 76.6 cm³/mol. The summed E-state index contributed by atoms with van der Waals surface area (Å²) in [5.41, 5.74) is 5.61. The number of aliphatic hydroxyl groups excluding tert-OH is 1. The van der Waals surface area contributed by atoms with Crippen LogP contribution in [0.3, 0.4) is 0 Å². The minimum absolute atomic E-state index is 0.0856. The van der Waals surface area contributed by atoms with Gasteiger partial charge < -0.3 is 5.11 Å². The lowest BCUT2D eigenvalue weighted by Crippen LogP contribution is -2.04. The van der Waals surface area contributed by atoms with E-state index >= 15 is 0 Å². The molecule has 0 spiro atoms. The molecule has 2 aromatic carbocycles. The Morgan fingerprint density at radius 1 is 0.900 bits per heavy atom. The second-order valence-corrected chi connectivity index (χ2v) is 5.44. The molecule has 2 aliphatic carbocycles. The van der Waals surface area contributed by atoms with Crippen LogP contribution >= 0.6 is 0 Å². The SMILES string of the molecule is O=C1/C(=C2\Cc3ccccc3C2O)Cc2ccccc21. The summed E-state index contributed by atoms with van der Waals surface area (Å²) in [6.07, 6.45) is 0.710. The number of rotatable bonds is 0. The number of hydrogen-bond acceptors (Lipinski definition) is 2. The van der Waals surface area contributed by atoms with Crippen molar-refractivity contribution in [3.63, 3.8) is 0 Å². The lowest BCUT2D eigenvalue weighted by atomic mass is 10.0. The molecular weight excluding hydrogens is 248 g/mol. The molecule has 0 radical (unpaired) electrons. The van der Waals surface area contributed by atoms with Gasteiger partial charge in [0.2, 0.25) is 0 Å². The fraction of sp³-hybridized carbons (Fsp3) is 0.167. The maximum absolute atomic E-state index is 12.5. The first kappa shape index (κ1) is 11.6. The molecule has 0 saturated carbocycles. The number of carbonyl (C=O) groups is 1. The van der Waals surface area contributed by atoms with E-state index in [-0.39, 0.29) is 5.78 Å². The van der Waals surface area contributed by atoms with E-state index in [1.165, 1.54) is 0 Å². The molecule has 0 amide bonds. The summed E-state index contributed by atoms with van der Waals surface area (Å²) in [6, 6.07) is 15.6. The predicted octanol–water partition coefficient (Wildman–Crippen LogP) is 3.01. The number of allylic oxidation sites excluding steroid dienone is 1. The van der Waals surface area contributed by atoms with Gasteiger partial charge in [-0.25, -0.2) is 0 Å². The number of benzene rings is 2. The molecule has 98 valence electrons. The molecule has 0 fully saturated rings. The molecule has 20 heavy (non-hydrogen) atoms. The average molecular weight is 262 g/mol. The molecule has 4 rings (SSSR count). The first-order chi connectivity index (χ1) is 9.75. The summed E-state index contributed by atoms with van der Waals surface area (Å²) < 4.78 is 0. The summed E-state index contributed by atoms with van der Waals surface area (Å²) in [5.74, 6) is 0.0856. The molecular formula is C18H14O2. The molecule has 2 nitrogen and oxygen atoms in total. The van der Waals surface area contributed by atoms with Crippen molar-refractivity contribution in [3.05, 3.63) is 81.9 Å². The zero-order chi connectivity index (χ0) is 13.7. The largest absolute Gasteiger partial charge is 0.384 e. The van der Waals surface area contributed by atoms with Crippen molar-refractivity contribution in [3.8, 4) is 0 Å². The zero-order valence-corrected chi connectivity index (χ0v) is 11.0. The Hall–Kier alpha value is -2.19. The minimum Gasteiger partial charge on any atom is -0.384 e. The van der Waals surface area contributed by atoms with Gasteiger partial charge in [0.15, 0.2) is 5.78 Å². The number of Topliss-reactive ketones (excluding diaryl/α,β-unsaturated/α-hetero) is 1. The molecule has 1 N–H and O–H groups in total. The first-order valence-corrected chi connectivity index (χ1v) is 6.86. The van der Waals surface area contributed by atoms with Gasteiger partial charge in [-0.05, 0) is 28.7 Å². The van der Waals surface area contributed by atoms with Crippen LogP contribution in [0.2, 0.25) is 0 Å². The third-order valence-electron chi connectivity index (χ3n) is 4.35. The molecule has 0 saturated heterocycles. The normalized spacial score (nSPS) is 23.9. The smallest absolute Gasteiger partial charge is 0.189 e. The highest BCUT2D eigenvalue weighted by Crippen LogP contribution is 2.40. The Morgan fingerprint density at radius 3 is 2.35 bits per heavy atom. The third-order valence-corrected chi connectivity index (χ3v) is 4.35. The van der Waals surface area contributed by atoms with Crippen LogP contribution in [0, 0.1) is 0 Å². The highest BCUT2D eigenvalue weighted by molar-refractivity contribution is 6.13. The van der Waals surface area contributed by atoms with E-state index in [4.69, 9.17) is 0 Å². The van der Waals surface area contributed by atoms with Crippen LogP contribution in [0.5, 0.6) is 0 Å². The maximum Gasteiger partial charge on any atom is 0.189 e. The minimum atomic E-state index is -0.625. The van der Waals surface area contributed by atoms with Crippen molar-refractivity contribution in [1.29, 1.82) is 0 Å². The lowest BCUT2D eigenvalue weighted by molar-refractivity contribution is 0.103. The van der Waals surface area contributed by atoms with Crippen LogP contribution in [-0.2, 0) is 12.8 Å². The molecule has 1 unspecified atom stereocenters. The zero-order valence-electron chi connectivity index (χ0n) is 11.0. The topological polar surface area (TPSA) is 37.3 Å². The molecule has 0 aliphatic heterocycles. The van der Waals surface area contributed by atoms with Crippen molar-refractivity contribution in [2.24, 2.45) is 0 Å². The quantitative estimate of drug-likeness (QED) is 0.741. The Kier molecular flexibility index (Phi) is 2.41. The summed E-state index contributed by atoms with van der Waals surface area (Å²) in [7, 11) is 0. The van der Waals surface area contributed by atoms with Crippen molar-refractivity contribution in [2.75, 3.05) is 0 Å². The molecule has 0 aromatic heterocycles. The van der Waals surface area contributed by atoms with Crippen LogP contribution in [-0.4, -0.2) is 10.9 Å². The van der Waals surface area contributed by atoms with Gasteiger partial charge >= 0.3 is 0 Å².